The number of carbonyl (C=O) groups is 1. The summed E-state index contributed by atoms with van der Waals surface area (Å²) < 4.78 is 1.84. The van der Waals surface area contributed by atoms with E-state index in [4.69, 9.17) is 0 Å². The third-order valence-electron chi connectivity index (χ3n) is 4.77. The molecule has 0 atom stereocenters. The fourth-order valence-electron chi connectivity index (χ4n) is 3.15. The monoisotopic (exact) mass is 370 g/mol. The van der Waals surface area contributed by atoms with Crippen molar-refractivity contribution < 1.29 is 4.79 Å². The quantitative estimate of drug-likeness (QED) is 0.690. The van der Waals surface area contributed by atoms with Crippen molar-refractivity contribution in [2.75, 3.05) is 13.1 Å². The number of hydrogen-bond donors (Lipinski definition) is 1. The molecule has 0 fully saturated rings. The van der Waals surface area contributed by atoms with Gasteiger partial charge in [0.25, 0.3) is 5.91 Å². The molecule has 1 aromatic carbocycles. The highest BCUT2D eigenvalue weighted by atomic mass is 32.1. The molecule has 2 aromatic heterocycles. The van der Waals surface area contributed by atoms with E-state index >= 15 is 0 Å². The zero-order valence-electron chi connectivity index (χ0n) is 15.9. The van der Waals surface area contributed by atoms with Crippen molar-refractivity contribution in [2.45, 2.75) is 33.9 Å². The molecular weight excluding hydrogens is 344 g/mol. The average molecular weight is 371 g/mol. The van der Waals surface area contributed by atoms with Gasteiger partial charge in [-0.25, -0.2) is 0 Å². The zero-order valence-corrected chi connectivity index (χ0v) is 16.7. The van der Waals surface area contributed by atoms with Crippen LogP contribution in [0, 0.1) is 6.92 Å². The van der Waals surface area contributed by atoms with E-state index in [-0.39, 0.29) is 5.91 Å². The number of aromatic nitrogens is 2. The van der Waals surface area contributed by atoms with Crippen LogP contribution < -0.4 is 5.32 Å². The number of aryl methyl sites for hydroxylation is 2. The first-order chi connectivity index (χ1) is 12.5. The van der Waals surface area contributed by atoms with Gasteiger partial charge in [-0.3, -0.25) is 14.4 Å². The van der Waals surface area contributed by atoms with Gasteiger partial charge in [0.2, 0.25) is 0 Å². The molecule has 0 aliphatic rings. The predicted octanol–water partition coefficient (Wildman–Crippen LogP) is 3.72. The van der Waals surface area contributed by atoms with Crippen molar-refractivity contribution in [1.82, 2.24) is 20.0 Å². The number of rotatable bonds is 7. The Morgan fingerprint density at radius 3 is 2.58 bits per heavy atom. The summed E-state index contributed by atoms with van der Waals surface area (Å²) >= 11 is 1.49. The van der Waals surface area contributed by atoms with Gasteiger partial charge >= 0.3 is 0 Å². The molecule has 138 valence electrons. The summed E-state index contributed by atoms with van der Waals surface area (Å²) in [4.78, 5) is 16.8. The van der Waals surface area contributed by atoms with E-state index in [1.807, 2.05) is 30.8 Å². The Morgan fingerprint density at radius 2 is 1.92 bits per heavy atom. The second-order valence-electron chi connectivity index (χ2n) is 6.45. The van der Waals surface area contributed by atoms with E-state index in [1.54, 1.807) is 0 Å². The van der Waals surface area contributed by atoms with Crippen molar-refractivity contribution in [3.05, 3.63) is 52.0 Å². The number of nitrogens with zero attached hydrogens (tertiary/aromatic N) is 3. The lowest BCUT2D eigenvalue weighted by Crippen LogP contribution is -2.25. The molecule has 0 aliphatic carbocycles. The summed E-state index contributed by atoms with van der Waals surface area (Å²) in [7, 11) is 1.91. The van der Waals surface area contributed by atoms with Crippen LogP contribution in [0.3, 0.4) is 0 Å². The largest absolute Gasteiger partial charge is 0.347 e. The highest BCUT2D eigenvalue weighted by molar-refractivity contribution is 7.20. The Labute approximate surface area is 158 Å². The van der Waals surface area contributed by atoms with E-state index < -0.39 is 0 Å². The molecule has 6 heteroatoms. The third kappa shape index (κ3) is 3.81. The van der Waals surface area contributed by atoms with E-state index in [0.29, 0.717) is 6.54 Å². The molecule has 0 saturated heterocycles. The van der Waals surface area contributed by atoms with Crippen LogP contribution >= 0.6 is 11.3 Å². The van der Waals surface area contributed by atoms with Crippen molar-refractivity contribution >= 4 is 27.5 Å². The van der Waals surface area contributed by atoms with Gasteiger partial charge < -0.3 is 5.32 Å². The standard InChI is InChI=1S/C20H26N4OS/c1-5-24(6-2)13-16-10-8-7-9-15(16)12-21-19(25)18-11-17-14(3)22-23(4)20(17)26-18/h7-11H,5-6,12-13H2,1-4H3,(H,21,25). The second-order valence-corrected chi connectivity index (χ2v) is 7.48. The molecule has 0 radical (unpaired) electrons. The SMILES string of the molecule is CCN(CC)Cc1ccccc1CNC(=O)c1cc2c(C)nn(C)c2s1. The topological polar surface area (TPSA) is 50.2 Å². The number of benzene rings is 1. The lowest BCUT2D eigenvalue weighted by molar-refractivity contribution is 0.0955. The van der Waals surface area contributed by atoms with Crippen LogP contribution in [0.1, 0.15) is 40.3 Å². The first-order valence-corrected chi connectivity index (χ1v) is 9.85. The maximum absolute atomic E-state index is 12.6. The van der Waals surface area contributed by atoms with E-state index in [1.165, 1.54) is 22.5 Å². The normalized spacial score (nSPS) is 11.4. The molecule has 0 unspecified atom stereocenters. The predicted molar refractivity (Wildman–Crippen MR) is 108 cm³/mol. The van der Waals surface area contributed by atoms with Gasteiger partial charge in [-0.2, -0.15) is 5.10 Å². The van der Waals surface area contributed by atoms with Crippen LogP contribution in [0.15, 0.2) is 30.3 Å². The maximum Gasteiger partial charge on any atom is 0.261 e. The smallest absolute Gasteiger partial charge is 0.261 e. The molecule has 0 spiro atoms. The first-order valence-electron chi connectivity index (χ1n) is 9.04. The molecule has 0 aliphatic heterocycles. The minimum absolute atomic E-state index is 0.0248. The fraction of sp³-hybridized carbons (Fsp3) is 0.400. The lowest BCUT2D eigenvalue weighted by Gasteiger charge is -2.20. The van der Waals surface area contributed by atoms with Gasteiger partial charge in [0.05, 0.1) is 10.6 Å². The van der Waals surface area contributed by atoms with Crippen molar-refractivity contribution in [1.29, 1.82) is 0 Å². The molecule has 0 saturated carbocycles. The summed E-state index contributed by atoms with van der Waals surface area (Å²) in [5.41, 5.74) is 3.40. The highest BCUT2D eigenvalue weighted by Crippen LogP contribution is 2.27. The van der Waals surface area contributed by atoms with Gasteiger partial charge in [-0.15, -0.1) is 11.3 Å². The zero-order chi connectivity index (χ0) is 18.7. The van der Waals surface area contributed by atoms with Gasteiger partial charge in [0.1, 0.15) is 4.83 Å². The summed E-state index contributed by atoms with van der Waals surface area (Å²) in [6.45, 7) is 9.81. The molecule has 3 aromatic rings. The average Bonchev–Trinajstić information content (AvgIpc) is 3.20. The van der Waals surface area contributed by atoms with Crippen LogP contribution in [0.2, 0.25) is 0 Å². The minimum atomic E-state index is -0.0248. The summed E-state index contributed by atoms with van der Waals surface area (Å²) in [6.07, 6.45) is 0. The van der Waals surface area contributed by atoms with Gasteiger partial charge in [-0.05, 0) is 37.2 Å². The molecule has 2 heterocycles. The number of carbonyl (C=O) groups excluding carboxylic acids is 1. The Hall–Kier alpha value is -2.18. The Morgan fingerprint density at radius 1 is 1.23 bits per heavy atom. The Kier molecular flexibility index (Phi) is 5.74. The molecule has 5 nitrogen and oxygen atoms in total. The minimum Gasteiger partial charge on any atom is -0.347 e. The molecule has 3 rings (SSSR count). The fourth-order valence-corrected chi connectivity index (χ4v) is 4.19. The number of nitrogens with one attached hydrogen (secondary N) is 1. The van der Waals surface area contributed by atoms with Crippen LogP contribution in [0.4, 0.5) is 0 Å². The molecule has 0 bridgehead atoms. The molecular formula is C20H26N4OS. The van der Waals surface area contributed by atoms with Crippen molar-refractivity contribution in [3.8, 4) is 0 Å². The Bertz CT molecular complexity index is 873. The van der Waals surface area contributed by atoms with Crippen LogP contribution in [-0.2, 0) is 20.1 Å². The number of fused-ring (bicyclic) bond motifs is 1. The molecule has 1 amide bonds. The molecule has 26 heavy (non-hydrogen) atoms. The summed E-state index contributed by atoms with van der Waals surface area (Å²) in [5, 5.41) is 8.53. The summed E-state index contributed by atoms with van der Waals surface area (Å²) in [5.74, 6) is -0.0248. The second kappa shape index (κ2) is 8.01. The Balaban J connectivity index is 1.72. The summed E-state index contributed by atoms with van der Waals surface area (Å²) in [6, 6.07) is 10.3. The van der Waals surface area contributed by atoms with Crippen LogP contribution in [0.5, 0.6) is 0 Å². The lowest BCUT2D eigenvalue weighted by atomic mass is 10.1. The van der Waals surface area contributed by atoms with Crippen LogP contribution in [-0.4, -0.2) is 33.7 Å². The van der Waals surface area contributed by atoms with E-state index in [0.717, 1.165) is 40.4 Å². The number of thiophene rings is 1. The van der Waals surface area contributed by atoms with Gasteiger partial charge in [0.15, 0.2) is 0 Å². The number of amides is 1. The van der Waals surface area contributed by atoms with E-state index in [2.05, 4.69) is 47.4 Å². The van der Waals surface area contributed by atoms with Crippen molar-refractivity contribution in [2.24, 2.45) is 7.05 Å². The van der Waals surface area contributed by atoms with E-state index in [9.17, 15) is 4.79 Å². The van der Waals surface area contributed by atoms with Gasteiger partial charge in [-0.1, -0.05) is 38.1 Å². The van der Waals surface area contributed by atoms with Crippen molar-refractivity contribution in [3.63, 3.8) is 0 Å². The first kappa shape index (κ1) is 18.6. The number of hydrogen-bond acceptors (Lipinski definition) is 4. The van der Waals surface area contributed by atoms with Gasteiger partial charge in [0, 0.05) is 25.5 Å². The third-order valence-corrected chi connectivity index (χ3v) is 5.97. The maximum atomic E-state index is 12.6. The highest BCUT2D eigenvalue weighted by Gasteiger charge is 2.15. The molecule has 1 N–H and O–H groups in total. The van der Waals surface area contributed by atoms with Crippen LogP contribution in [0.25, 0.3) is 10.2 Å².